The van der Waals surface area contributed by atoms with Gasteiger partial charge >= 0.3 is 5.97 Å². The van der Waals surface area contributed by atoms with Gasteiger partial charge in [0, 0.05) is 29.4 Å². The summed E-state index contributed by atoms with van der Waals surface area (Å²) in [4.78, 5) is 17.4. The number of ether oxygens (including phenoxy) is 2. The molecule has 35 heavy (non-hydrogen) atoms. The number of hydrogen-bond donors (Lipinski definition) is 1. The van der Waals surface area contributed by atoms with E-state index in [1.807, 2.05) is 24.6 Å². The maximum Gasteiger partial charge on any atom is 0.353 e. The minimum Gasteiger partial charge on any atom is -0.493 e. The van der Waals surface area contributed by atoms with Crippen LogP contribution in [0, 0.1) is 11.3 Å². The van der Waals surface area contributed by atoms with Crippen LogP contribution in [0.4, 0.5) is 0 Å². The van der Waals surface area contributed by atoms with E-state index >= 15 is 0 Å². The third-order valence-electron chi connectivity index (χ3n) is 5.97. The Bertz CT molecular complexity index is 1620. The number of nitrogens with zero attached hydrogens (tertiary/aromatic N) is 4. The molecule has 0 spiro atoms. The molecule has 8 nitrogen and oxygen atoms in total. The average molecular weight is 485 g/mol. The van der Waals surface area contributed by atoms with Gasteiger partial charge in [-0.05, 0) is 36.6 Å². The molecule has 5 aromatic rings. The number of benzene rings is 2. The van der Waals surface area contributed by atoms with Crippen LogP contribution in [0.1, 0.15) is 17.4 Å². The van der Waals surface area contributed by atoms with Crippen molar-refractivity contribution in [2.45, 2.75) is 12.5 Å². The molecule has 2 aromatic carbocycles. The summed E-state index contributed by atoms with van der Waals surface area (Å²) in [5.41, 5.74) is 1.96. The number of rotatable bonds is 6. The summed E-state index contributed by atoms with van der Waals surface area (Å²) >= 11 is 1.31. The number of hydrogen-bond acceptors (Lipinski definition) is 7. The number of aryl methyl sites for hydroxylation is 1. The summed E-state index contributed by atoms with van der Waals surface area (Å²) < 4.78 is 13.5. The van der Waals surface area contributed by atoms with Gasteiger partial charge < -0.3 is 14.6 Å². The Balaban J connectivity index is 1.75. The Morgan fingerprint density at radius 1 is 1.20 bits per heavy atom. The van der Waals surface area contributed by atoms with Crippen LogP contribution in [-0.4, -0.2) is 33.0 Å². The molecular formula is C26H20N4O4S. The van der Waals surface area contributed by atoms with Gasteiger partial charge in [-0.15, -0.1) is 11.3 Å². The van der Waals surface area contributed by atoms with E-state index in [0.29, 0.717) is 21.7 Å². The fourth-order valence-electron chi connectivity index (χ4n) is 4.05. The van der Waals surface area contributed by atoms with E-state index in [1.165, 1.54) is 25.4 Å². The van der Waals surface area contributed by atoms with Crippen LogP contribution in [0.3, 0.4) is 0 Å². The molecule has 0 aliphatic carbocycles. The molecule has 3 aromatic heterocycles. The van der Waals surface area contributed by atoms with E-state index in [-0.39, 0.29) is 5.75 Å². The third-order valence-corrected chi connectivity index (χ3v) is 7.04. The molecule has 174 valence electrons. The SMILES string of the molecule is COc1cc2ncc3c(c(-c4ccc(C#N)cc4)nn3C)c2cc1OC(C)(C(=O)O)c1cccs1. The fourth-order valence-corrected chi connectivity index (χ4v) is 4.87. The van der Waals surface area contributed by atoms with Crippen LogP contribution in [0.15, 0.2) is 60.1 Å². The Morgan fingerprint density at radius 2 is 1.97 bits per heavy atom. The number of pyridine rings is 1. The first-order chi connectivity index (χ1) is 16.9. The predicted molar refractivity (Wildman–Crippen MR) is 133 cm³/mol. The van der Waals surface area contributed by atoms with Gasteiger partial charge in [-0.25, -0.2) is 4.79 Å². The van der Waals surface area contributed by atoms with E-state index in [1.54, 1.807) is 47.3 Å². The normalized spacial score (nSPS) is 12.9. The van der Waals surface area contributed by atoms with E-state index < -0.39 is 11.6 Å². The number of carboxylic acid groups (broad SMARTS) is 1. The lowest BCUT2D eigenvalue weighted by Gasteiger charge is -2.26. The van der Waals surface area contributed by atoms with Crippen molar-refractivity contribution in [3.8, 4) is 28.8 Å². The van der Waals surface area contributed by atoms with Crippen LogP contribution in [0.2, 0.25) is 0 Å². The molecule has 0 radical (unpaired) electrons. The van der Waals surface area contributed by atoms with Gasteiger partial charge in [0.05, 0.1) is 40.8 Å². The first kappa shape index (κ1) is 22.4. The van der Waals surface area contributed by atoms with E-state index in [2.05, 4.69) is 11.1 Å². The highest BCUT2D eigenvalue weighted by Crippen LogP contribution is 2.41. The van der Waals surface area contributed by atoms with Crippen molar-refractivity contribution in [2.24, 2.45) is 7.05 Å². The largest absolute Gasteiger partial charge is 0.493 e. The van der Waals surface area contributed by atoms with E-state index in [0.717, 1.165) is 27.5 Å². The van der Waals surface area contributed by atoms with Crippen molar-refractivity contribution in [3.05, 3.63) is 70.5 Å². The van der Waals surface area contributed by atoms with Crippen molar-refractivity contribution in [3.63, 3.8) is 0 Å². The lowest BCUT2D eigenvalue weighted by molar-refractivity contribution is -0.154. The van der Waals surface area contributed by atoms with Crippen molar-refractivity contribution < 1.29 is 19.4 Å². The zero-order chi connectivity index (χ0) is 24.7. The molecular weight excluding hydrogens is 464 g/mol. The van der Waals surface area contributed by atoms with Crippen molar-refractivity contribution in [1.29, 1.82) is 5.26 Å². The summed E-state index contributed by atoms with van der Waals surface area (Å²) in [5.74, 6) is -0.461. The molecule has 0 bridgehead atoms. The van der Waals surface area contributed by atoms with Crippen LogP contribution in [0.5, 0.6) is 11.5 Å². The summed E-state index contributed by atoms with van der Waals surface area (Å²) in [6, 6.07) is 16.3. The smallest absolute Gasteiger partial charge is 0.353 e. The molecule has 0 aliphatic heterocycles. The third kappa shape index (κ3) is 3.64. The number of nitriles is 1. The van der Waals surface area contributed by atoms with Gasteiger partial charge in [0.1, 0.15) is 5.69 Å². The Hall–Kier alpha value is -4.42. The zero-order valence-corrected chi connectivity index (χ0v) is 20.0. The molecule has 0 saturated carbocycles. The molecule has 0 aliphatic rings. The van der Waals surface area contributed by atoms with Gasteiger partial charge in [-0.2, -0.15) is 10.4 Å². The standard InChI is InChI=1S/C26H20N4O4S/c1-26(25(31)32,22-5-4-10-35-22)34-21-11-17-18(12-20(21)33-3)28-14-19-23(17)24(29-30(19)2)16-8-6-15(13-27)7-9-16/h4-12,14H,1-3H3,(H,31,32). The highest BCUT2D eigenvalue weighted by atomic mass is 32.1. The topological polar surface area (TPSA) is 110 Å². The van der Waals surface area contributed by atoms with Crippen molar-refractivity contribution in [1.82, 2.24) is 14.8 Å². The summed E-state index contributed by atoms with van der Waals surface area (Å²) in [5, 5.41) is 27.3. The highest BCUT2D eigenvalue weighted by molar-refractivity contribution is 7.10. The first-order valence-electron chi connectivity index (χ1n) is 10.7. The van der Waals surface area contributed by atoms with Gasteiger partial charge in [0.25, 0.3) is 0 Å². The second-order valence-electron chi connectivity index (χ2n) is 8.12. The van der Waals surface area contributed by atoms with Gasteiger partial charge in [0.2, 0.25) is 5.60 Å². The zero-order valence-electron chi connectivity index (χ0n) is 19.1. The Kier molecular flexibility index (Phi) is 5.38. The minimum atomic E-state index is -1.61. The molecule has 1 atom stereocenters. The van der Waals surface area contributed by atoms with E-state index in [4.69, 9.17) is 19.8 Å². The molecule has 1 unspecified atom stereocenters. The lowest BCUT2D eigenvalue weighted by atomic mass is 10.0. The molecule has 0 fully saturated rings. The minimum absolute atomic E-state index is 0.280. The fraction of sp³-hybridized carbons (Fsp3) is 0.154. The Labute approximate surface area is 204 Å². The van der Waals surface area contributed by atoms with Gasteiger partial charge in [-0.3, -0.25) is 9.67 Å². The average Bonchev–Trinajstić information content (AvgIpc) is 3.52. The first-order valence-corrected chi connectivity index (χ1v) is 11.5. The van der Waals surface area contributed by atoms with Gasteiger partial charge in [-0.1, -0.05) is 18.2 Å². The van der Waals surface area contributed by atoms with Crippen LogP contribution < -0.4 is 9.47 Å². The van der Waals surface area contributed by atoms with Crippen molar-refractivity contribution in [2.75, 3.05) is 7.11 Å². The summed E-state index contributed by atoms with van der Waals surface area (Å²) in [6.45, 7) is 1.52. The van der Waals surface area contributed by atoms with Crippen LogP contribution in [-0.2, 0) is 17.4 Å². The monoisotopic (exact) mass is 484 g/mol. The lowest BCUT2D eigenvalue weighted by Crippen LogP contribution is -2.37. The number of fused-ring (bicyclic) bond motifs is 3. The maximum atomic E-state index is 12.3. The van der Waals surface area contributed by atoms with Crippen LogP contribution in [0.25, 0.3) is 33.1 Å². The number of methoxy groups -OCH3 is 1. The predicted octanol–water partition coefficient (Wildman–Crippen LogP) is 5.11. The van der Waals surface area contributed by atoms with Crippen molar-refractivity contribution >= 4 is 39.1 Å². The van der Waals surface area contributed by atoms with Crippen LogP contribution >= 0.6 is 11.3 Å². The maximum absolute atomic E-state index is 12.3. The number of aromatic nitrogens is 3. The molecule has 1 N–H and O–H groups in total. The highest BCUT2D eigenvalue weighted by Gasteiger charge is 2.40. The number of thiophene rings is 1. The number of carbonyl (C=O) groups is 1. The summed E-state index contributed by atoms with van der Waals surface area (Å²) in [6.07, 6.45) is 1.74. The molecule has 3 heterocycles. The van der Waals surface area contributed by atoms with Gasteiger partial charge in [0.15, 0.2) is 11.5 Å². The Morgan fingerprint density at radius 3 is 2.60 bits per heavy atom. The summed E-state index contributed by atoms with van der Waals surface area (Å²) in [7, 11) is 3.34. The second-order valence-corrected chi connectivity index (χ2v) is 9.07. The molecule has 0 amide bonds. The number of aliphatic carboxylic acids is 1. The van der Waals surface area contributed by atoms with E-state index in [9.17, 15) is 9.90 Å². The molecule has 0 saturated heterocycles. The second kappa shape index (κ2) is 8.42. The molecule has 9 heteroatoms. The number of carboxylic acids is 1. The quantitative estimate of drug-likeness (QED) is 0.357. The molecule has 5 rings (SSSR count).